The molecular formula is C16H25N3O. The lowest BCUT2D eigenvalue weighted by Crippen LogP contribution is -2.22. The first-order chi connectivity index (χ1) is 9.63. The van der Waals surface area contributed by atoms with E-state index in [0.29, 0.717) is 0 Å². The van der Waals surface area contributed by atoms with Crippen LogP contribution in [0.1, 0.15) is 48.5 Å². The van der Waals surface area contributed by atoms with Gasteiger partial charge in [-0.15, -0.1) is 0 Å². The molecule has 0 amide bonds. The van der Waals surface area contributed by atoms with Crippen molar-refractivity contribution in [3.8, 4) is 0 Å². The van der Waals surface area contributed by atoms with Gasteiger partial charge in [-0.25, -0.2) is 0 Å². The van der Waals surface area contributed by atoms with E-state index in [1.807, 2.05) is 17.8 Å². The van der Waals surface area contributed by atoms with Crippen LogP contribution in [0.15, 0.2) is 22.8 Å². The van der Waals surface area contributed by atoms with Crippen LogP contribution in [0.5, 0.6) is 0 Å². The Hall–Kier alpha value is -1.55. The van der Waals surface area contributed by atoms with E-state index in [2.05, 4.69) is 37.3 Å². The van der Waals surface area contributed by atoms with Crippen LogP contribution in [0, 0.1) is 13.8 Å². The number of nitrogens with one attached hydrogen (secondary N) is 1. The molecule has 0 aromatic carbocycles. The highest BCUT2D eigenvalue weighted by Crippen LogP contribution is 2.22. The summed E-state index contributed by atoms with van der Waals surface area (Å²) in [5.41, 5.74) is 3.76. The lowest BCUT2D eigenvalue weighted by molar-refractivity contribution is 0.395. The third-order valence-corrected chi connectivity index (χ3v) is 3.87. The summed E-state index contributed by atoms with van der Waals surface area (Å²) in [7, 11) is 2.01. The quantitative estimate of drug-likeness (QED) is 0.843. The Kier molecular flexibility index (Phi) is 5.01. The predicted octanol–water partition coefficient (Wildman–Crippen LogP) is 3.30. The van der Waals surface area contributed by atoms with E-state index in [-0.39, 0.29) is 6.04 Å². The van der Waals surface area contributed by atoms with Crippen molar-refractivity contribution in [2.75, 3.05) is 6.54 Å². The van der Waals surface area contributed by atoms with Gasteiger partial charge in [0.25, 0.3) is 0 Å². The minimum atomic E-state index is 0.281. The third-order valence-electron chi connectivity index (χ3n) is 3.87. The molecule has 2 heterocycles. The first-order valence-electron chi connectivity index (χ1n) is 7.39. The van der Waals surface area contributed by atoms with Gasteiger partial charge in [0.05, 0.1) is 18.0 Å². The van der Waals surface area contributed by atoms with Crippen LogP contribution in [0.2, 0.25) is 0 Å². The van der Waals surface area contributed by atoms with Gasteiger partial charge in [0.1, 0.15) is 5.76 Å². The van der Waals surface area contributed by atoms with E-state index in [0.717, 1.165) is 37.3 Å². The second-order valence-electron chi connectivity index (χ2n) is 5.33. The van der Waals surface area contributed by atoms with Gasteiger partial charge in [-0.05, 0) is 57.4 Å². The highest BCUT2D eigenvalue weighted by atomic mass is 16.3. The highest BCUT2D eigenvalue weighted by molar-refractivity contribution is 5.24. The highest BCUT2D eigenvalue weighted by Gasteiger charge is 2.16. The summed E-state index contributed by atoms with van der Waals surface area (Å²) < 4.78 is 7.53. The van der Waals surface area contributed by atoms with Crippen molar-refractivity contribution in [1.82, 2.24) is 15.1 Å². The van der Waals surface area contributed by atoms with Crippen LogP contribution in [-0.4, -0.2) is 16.3 Å². The molecule has 20 heavy (non-hydrogen) atoms. The first-order valence-corrected chi connectivity index (χ1v) is 7.39. The number of furan rings is 1. The van der Waals surface area contributed by atoms with Crippen LogP contribution in [0.4, 0.5) is 0 Å². The Morgan fingerprint density at radius 3 is 2.75 bits per heavy atom. The molecule has 0 saturated heterocycles. The molecule has 110 valence electrons. The molecule has 2 aromatic rings. The molecule has 0 aliphatic heterocycles. The zero-order valence-corrected chi connectivity index (χ0v) is 12.9. The van der Waals surface area contributed by atoms with Crippen LogP contribution >= 0.6 is 0 Å². The topological polar surface area (TPSA) is 43.0 Å². The van der Waals surface area contributed by atoms with Crippen molar-refractivity contribution in [3.63, 3.8) is 0 Å². The minimum Gasteiger partial charge on any atom is -0.468 e. The minimum absolute atomic E-state index is 0.281. The van der Waals surface area contributed by atoms with Crippen LogP contribution in [-0.2, 0) is 13.5 Å². The van der Waals surface area contributed by atoms with Gasteiger partial charge in [-0.2, -0.15) is 5.10 Å². The smallest absolute Gasteiger partial charge is 0.120 e. The maximum absolute atomic E-state index is 5.56. The summed E-state index contributed by atoms with van der Waals surface area (Å²) in [5.74, 6) is 1.03. The molecule has 2 rings (SSSR count). The Morgan fingerprint density at radius 1 is 1.40 bits per heavy atom. The van der Waals surface area contributed by atoms with Crippen molar-refractivity contribution < 1.29 is 4.42 Å². The Balaban J connectivity index is 2.05. The SMILES string of the molecule is CCCNC(CCc1c(C)nn(C)c1C)c1ccco1. The molecule has 1 atom stereocenters. The van der Waals surface area contributed by atoms with E-state index < -0.39 is 0 Å². The van der Waals surface area contributed by atoms with Gasteiger partial charge in [0.2, 0.25) is 0 Å². The van der Waals surface area contributed by atoms with E-state index in [1.54, 1.807) is 6.26 Å². The molecule has 0 bridgehead atoms. The third kappa shape index (κ3) is 3.31. The number of aryl methyl sites for hydroxylation is 2. The largest absolute Gasteiger partial charge is 0.468 e. The normalized spacial score (nSPS) is 12.8. The summed E-state index contributed by atoms with van der Waals surface area (Å²) >= 11 is 0. The lowest BCUT2D eigenvalue weighted by atomic mass is 10.0. The lowest BCUT2D eigenvalue weighted by Gasteiger charge is -2.16. The second-order valence-corrected chi connectivity index (χ2v) is 5.33. The number of hydrogen-bond acceptors (Lipinski definition) is 3. The van der Waals surface area contributed by atoms with Gasteiger partial charge < -0.3 is 9.73 Å². The predicted molar refractivity (Wildman–Crippen MR) is 80.7 cm³/mol. The molecule has 0 spiro atoms. The number of hydrogen-bond donors (Lipinski definition) is 1. The van der Waals surface area contributed by atoms with Crippen molar-refractivity contribution in [2.45, 2.75) is 46.1 Å². The fourth-order valence-corrected chi connectivity index (χ4v) is 2.62. The summed E-state index contributed by atoms with van der Waals surface area (Å²) in [6.45, 7) is 7.42. The average molecular weight is 275 g/mol. The summed E-state index contributed by atoms with van der Waals surface area (Å²) in [6, 6.07) is 4.29. The Bertz CT molecular complexity index is 528. The summed E-state index contributed by atoms with van der Waals surface area (Å²) in [4.78, 5) is 0. The summed E-state index contributed by atoms with van der Waals surface area (Å²) in [5, 5.41) is 8.05. The van der Waals surface area contributed by atoms with Gasteiger partial charge in [-0.1, -0.05) is 6.92 Å². The fourth-order valence-electron chi connectivity index (χ4n) is 2.62. The number of nitrogens with zero attached hydrogens (tertiary/aromatic N) is 2. The molecule has 4 nitrogen and oxygen atoms in total. The van der Waals surface area contributed by atoms with Crippen LogP contribution < -0.4 is 5.32 Å². The number of aromatic nitrogens is 2. The van der Waals surface area contributed by atoms with Crippen molar-refractivity contribution in [3.05, 3.63) is 41.1 Å². The second kappa shape index (κ2) is 6.75. The maximum Gasteiger partial charge on any atom is 0.120 e. The van der Waals surface area contributed by atoms with E-state index >= 15 is 0 Å². The molecule has 4 heteroatoms. The molecule has 0 fully saturated rings. The molecule has 0 aliphatic carbocycles. The van der Waals surface area contributed by atoms with Crippen LogP contribution in [0.25, 0.3) is 0 Å². The first kappa shape index (κ1) is 14.9. The molecule has 1 unspecified atom stereocenters. The molecular weight excluding hydrogens is 250 g/mol. The van der Waals surface area contributed by atoms with Gasteiger partial charge in [-0.3, -0.25) is 4.68 Å². The zero-order valence-electron chi connectivity index (χ0n) is 12.9. The number of rotatable bonds is 7. The zero-order chi connectivity index (χ0) is 14.5. The average Bonchev–Trinajstić information content (AvgIpc) is 3.02. The van der Waals surface area contributed by atoms with E-state index in [4.69, 9.17) is 4.42 Å². The Labute approximate surface area is 121 Å². The van der Waals surface area contributed by atoms with E-state index in [9.17, 15) is 0 Å². The van der Waals surface area contributed by atoms with Crippen molar-refractivity contribution in [2.24, 2.45) is 7.05 Å². The van der Waals surface area contributed by atoms with Gasteiger partial charge in [0.15, 0.2) is 0 Å². The standard InChI is InChI=1S/C16H25N3O/c1-5-10-17-15(16-7-6-11-20-16)9-8-14-12(2)18-19(4)13(14)3/h6-7,11,15,17H,5,8-10H2,1-4H3. The molecule has 0 aliphatic rings. The van der Waals surface area contributed by atoms with Gasteiger partial charge >= 0.3 is 0 Å². The molecule has 0 saturated carbocycles. The molecule has 2 aromatic heterocycles. The fraction of sp³-hybridized carbons (Fsp3) is 0.562. The molecule has 0 radical (unpaired) electrons. The van der Waals surface area contributed by atoms with E-state index in [1.165, 1.54) is 11.3 Å². The van der Waals surface area contributed by atoms with Crippen molar-refractivity contribution in [1.29, 1.82) is 0 Å². The molecule has 1 N–H and O–H groups in total. The van der Waals surface area contributed by atoms with Gasteiger partial charge in [0, 0.05) is 12.7 Å². The monoisotopic (exact) mass is 275 g/mol. The van der Waals surface area contributed by atoms with Crippen molar-refractivity contribution >= 4 is 0 Å². The van der Waals surface area contributed by atoms with Crippen LogP contribution in [0.3, 0.4) is 0 Å². The maximum atomic E-state index is 5.56. The summed E-state index contributed by atoms with van der Waals surface area (Å²) in [6.07, 6.45) is 4.92. The Morgan fingerprint density at radius 2 is 2.20 bits per heavy atom.